The molecule has 0 atom stereocenters. The van der Waals surface area contributed by atoms with Crippen LogP contribution in [0.1, 0.15) is 19.3 Å². The minimum Gasteiger partial charge on any atom is -0.372 e. The highest BCUT2D eigenvalue weighted by molar-refractivity contribution is 5.60. The molecule has 2 aromatic rings. The molecule has 1 aromatic carbocycles. The monoisotopic (exact) mass is 341 g/mol. The lowest BCUT2D eigenvalue weighted by Crippen LogP contribution is -2.29. The summed E-state index contributed by atoms with van der Waals surface area (Å²) in [6.45, 7) is 4.01. The zero-order valence-electron chi connectivity index (χ0n) is 15.1. The fourth-order valence-corrected chi connectivity index (χ4v) is 2.89. The Balaban J connectivity index is 1.58. The van der Waals surface area contributed by atoms with Gasteiger partial charge in [-0.2, -0.15) is 10.1 Å². The average molecular weight is 341 g/mol. The summed E-state index contributed by atoms with van der Waals surface area (Å²) in [5, 5.41) is 14.5. The first kappa shape index (κ1) is 17.4. The molecule has 0 amide bonds. The lowest BCUT2D eigenvalue weighted by atomic mass is 10.1. The number of nitrogens with zero attached hydrogens (tertiary/aromatic N) is 5. The molecular weight excluding hydrogens is 314 g/mol. The summed E-state index contributed by atoms with van der Waals surface area (Å²) in [6, 6.07) is 8.51. The van der Waals surface area contributed by atoms with Gasteiger partial charge in [0.25, 0.3) is 0 Å². The number of piperidine rings is 1. The standard InChI is InChI=1S/C18H27N7/c1-24(2)13-10-19-18-22-17(14-20-23-18)21-15-6-8-16(9-7-15)25-11-4-3-5-12-25/h6-9,14H,3-5,10-13H2,1-2H3,(H2,19,21,22,23). The van der Waals surface area contributed by atoms with Gasteiger partial charge in [0, 0.05) is 37.6 Å². The van der Waals surface area contributed by atoms with Gasteiger partial charge in [0.2, 0.25) is 5.95 Å². The van der Waals surface area contributed by atoms with Gasteiger partial charge in [0.1, 0.15) is 0 Å². The number of aromatic nitrogens is 3. The number of hydrogen-bond donors (Lipinski definition) is 2. The van der Waals surface area contributed by atoms with Crippen molar-refractivity contribution in [2.45, 2.75) is 19.3 Å². The van der Waals surface area contributed by atoms with E-state index in [2.05, 4.69) is 59.9 Å². The van der Waals surface area contributed by atoms with Crippen molar-refractivity contribution < 1.29 is 0 Å². The van der Waals surface area contributed by atoms with Crippen LogP contribution >= 0.6 is 0 Å². The van der Waals surface area contributed by atoms with Crippen molar-refractivity contribution in [3.05, 3.63) is 30.5 Å². The van der Waals surface area contributed by atoms with Gasteiger partial charge in [-0.1, -0.05) is 0 Å². The topological polar surface area (TPSA) is 69.2 Å². The molecule has 1 aliphatic rings. The zero-order chi connectivity index (χ0) is 17.5. The second-order valence-electron chi connectivity index (χ2n) is 6.61. The SMILES string of the molecule is CN(C)CCNc1nncc(Nc2ccc(N3CCCCC3)cc2)n1. The van der Waals surface area contributed by atoms with E-state index in [4.69, 9.17) is 0 Å². The van der Waals surface area contributed by atoms with Crippen molar-refractivity contribution in [3.8, 4) is 0 Å². The van der Waals surface area contributed by atoms with Gasteiger partial charge in [-0.25, -0.2) is 0 Å². The number of rotatable bonds is 7. The Morgan fingerprint density at radius 2 is 1.84 bits per heavy atom. The van der Waals surface area contributed by atoms with Crippen LogP contribution in [0.5, 0.6) is 0 Å². The molecule has 0 aliphatic carbocycles. The van der Waals surface area contributed by atoms with Gasteiger partial charge < -0.3 is 20.4 Å². The van der Waals surface area contributed by atoms with E-state index in [0.29, 0.717) is 11.8 Å². The maximum absolute atomic E-state index is 4.45. The van der Waals surface area contributed by atoms with Gasteiger partial charge in [0.15, 0.2) is 5.82 Å². The molecule has 134 valence electrons. The summed E-state index contributed by atoms with van der Waals surface area (Å²) in [5.41, 5.74) is 2.29. The third kappa shape index (κ3) is 5.29. The van der Waals surface area contributed by atoms with Crippen LogP contribution in [-0.4, -0.2) is 60.4 Å². The maximum Gasteiger partial charge on any atom is 0.244 e. The molecule has 1 aromatic heterocycles. The summed E-state index contributed by atoms with van der Waals surface area (Å²) in [7, 11) is 4.07. The van der Waals surface area contributed by atoms with Crippen LogP contribution in [0.25, 0.3) is 0 Å². The lowest BCUT2D eigenvalue weighted by molar-refractivity contribution is 0.425. The van der Waals surface area contributed by atoms with Gasteiger partial charge in [0.05, 0.1) is 6.20 Å². The largest absolute Gasteiger partial charge is 0.372 e. The van der Waals surface area contributed by atoms with Gasteiger partial charge in [-0.05, 0) is 57.6 Å². The van der Waals surface area contributed by atoms with E-state index in [1.54, 1.807) is 6.20 Å². The van der Waals surface area contributed by atoms with E-state index in [0.717, 1.165) is 31.9 Å². The van der Waals surface area contributed by atoms with Gasteiger partial charge >= 0.3 is 0 Å². The molecule has 7 nitrogen and oxygen atoms in total. The maximum atomic E-state index is 4.45. The van der Waals surface area contributed by atoms with Crippen molar-refractivity contribution in [1.29, 1.82) is 0 Å². The highest BCUT2D eigenvalue weighted by atomic mass is 15.3. The smallest absolute Gasteiger partial charge is 0.244 e. The van der Waals surface area contributed by atoms with E-state index in [1.165, 1.54) is 24.9 Å². The highest BCUT2D eigenvalue weighted by Gasteiger charge is 2.10. The molecule has 1 aliphatic heterocycles. The Kier molecular flexibility index (Phi) is 6.00. The van der Waals surface area contributed by atoms with Crippen LogP contribution in [0.2, 0.25) is 0 Å². The fourth-order valence-electron chi connectivity index (χ4n) is 2.89. The molecule has 0 bridgehead atoms. The molecule has 7 heteroatoms. The highest BCUT2D eigenvalue weighted by Crippen LogP contribution is 2.23. The van der Waals surface area contributed by atoms with Crippen LogP contribution < -0.4 is 15.5 Å². The zero-order valence-corrected chi connectivity index (χ0v) is 15.1. The predicted octanol–water partition coefficient (Wildman–Crippen LogP) is 2.58. The number of hydrogen-bond acceptors (Lipinski definition) is 7. The molecule has 0 unspecified atom stereocenters. The van der Waals surface area contributed by atoms with E-state index >= 15 is 0 Å². The number of likely N-dealkylation sites (N-methyl/N-ethyl adjacent to an activating group) is 1. The number of benzene rings is 1. The van der Waals surface area contributed by atoms with Crippen LogP contribution in [0, 0.1) is 0 Å². The number of nitrogens with one attached hydrogen (secondary N) is 2. The molecule has 25 heavy (non-hydrogen) atoms. The normalized spacial score (nSPS) is 14.6. The molecule has 0 radical (unpaired) electrons. The van der Waals surface area contributed by atoms with Crippen LogP contribution in [0.3, 0.4) is 0 Å². The molecule has 2 heterocycles. The Morgan fingerprint density at radius 1 is 1.08 bits per heavy atom. The van der Waals surface area contributed by atoms with E-state index in [9.17, 15) is 0 Å². The van der Waals surface area contributed by atoms with Crippen molar-refractivity contribution in [2.24, 2.45) is 0 Å². The minimum absolute atomic E-state index is 0.539. The molecular formula is C18H27N7. The summed E-state index contributed by atoms with van der Waals surface area (Å²) in [6.07, 6.45) is 5.56. The third-order valence-electron chi connectivity index (χ3n) is 4.26. The van der Waals surface area contributed by atoms with Crippen LogP contribution in [0.4, 0.5) is 23.1 Å². The third-order valence-corrected chi connectivity index (χ3v) is 4.26. The molecule has 3 rings (SSSR count). The van der Waals surface area contributed by atoms with Gasteiger partial charge in [-0.15, -0.1) is 5.10 Å². The Hall–Kier alpha value is -2.41. The predicted molar refractivity (Wildman–Crippen MR) is 103 cm³/mol. The molecule has 1 saturated heterocycles. The van der Waals surface area contributed by atoms with Crippen molar-refractivity contribution in [1.82, 2.24) is 20.1 Å². The second kappa shape index (κ2) is 8.62. The quantitative estimate of drug-likeness (QED) is 0.802. The summed E-state index contributed by atoms with van der Waals surface area (Å²) < 4.78 is 0. The second-order valence-corrected chi connectivity index (χ2v) is 6.61. The lowest BCUT2D eigenvalue weighted by Gasteiger charge is -2.28. The average Bonchev–Trinajstić information content (AvgIpc) is 2.63. The summed E-state index contributed by atoms with van der Waals surface area (Å²) in [5.74, 6) is 1.23. The first-order valence-corrected chi connectivity index (χ1v) is 8.91. The Labute approximate surface area is 149 Å². The first-order valence-electron chi connectivity index (χ1n) is 8.91. The Morgan fingerprint density at radius 3 is 2.56 bits per heavy atom. The minimum atomic E-state index is 0.539. The molecule has 1 fully saturated rings. The van der Waals surface area contributed by atoms with Crippen molar-refractivity contribution >= 4 is 23.1 Å². The van der Waals surface area contributed by atoms with E-state index in [1.807, 2.05) is 14.1 Å². The summed E-state index contributed by atoms with van der Waals surface area (Å²) in [4.78, 5) is 9.01. The van der Waals surface area contributed by atoms with Crippen LogP contribution in [-0.2, 0) is 0 Å². The van der Waals surface area contributed by atoms with Crippen molar-refractivity contribution in [2.75, 3.05) is 55.8 Å². The van der Waals surface area contributed by atoms with Crippen LogP contribution in [0.15, 0.2) is 30.5 Å². The van der Waals surface area contributed by atoms with E-state index < -0.39 is 0 Å². The fraction of sp³-hybridized carbons (Fsp3) is 0.500. The summed E-state index contributed by atoms with van der Waals surface area (Å²) >= 11 is 0. The molecule has 0 spiro atoms. The van der Waals surface area contributed by atoms with E-state index in [-0.39, 0.29) is 0 Å². The van der Waals surface area contributed by atoms with Gasteiger partial charge in [-0.3, -0.25) is 0 Å². The number of anilines is 4. The Bertz CT molecular complexity index is 651. The molecule has 0 saturated carbocycles. The first-order chi connectivity index (χ1) is 12.2. The van der Waals surface area contributed by atoms with Crippen molar-refractivity contribution in [3.63, 3.8) is 0 Å². The molecule has 2 N–H and O–H groups in total.